The van der Waals surface area contributed by atoms with Crippen LogP contribution in [0.3, 0.4) is 0 Å². The van der Waals surface area contributed by atoms with E-state index >= 15 is 0 Å². The van der Waals surface area contributed by atoms with Crippen molar-refractivity contribution in [2.75, 3.05) is 26.2 Å². The van der Waals surface area contributed by atoms with E-state index in [1.54, 1.807) is 0 Å². The van der Waals surface area contributed by atoms with Crippen LogP contribution in [0.2, 0.25) is 5.02 Å². The lowest BCUT2D eigenvalue weighted by Gasteiger charge is -2.24. The lowest BCUT2D eigenvalue weighted by molar-refractivity contribution is 0.216. The Balaban J connectivity index is 1.32. The average Bonchev–Trinajstić information content (AvgIpc) is 2.93. The Labute approximate surface area is 181 Å². The van der Waals surface area contributed by atoms with Crippen molar-refractivity contribution in [2.24, 2.45) is 0 Å². The molecule has 1 heterocycles. The highest BCUT2D eigenvalue weighted by Gasteiger charge is 2.17. The standard InChI is InChI=1S/C25H35ClN2O/c1-20(2)28-16-4-7-22-10-13-25(18-23(22)19-28)29-17-5-15-27-14-3-6-21-8-11-24(26)12-9-21/h8-13,18,20,27H,3-7,14-17,19H2,1-2H3. The van der Waals surface area contributed by atoms with Gasteiger partial charge in [0.15, 0.2) is 0 Å². The number of benzene rings is 2. The van der Waals surface area contributed by atoms with Gasteiger partial charge in [-0.05, 0) is 107 Å². The summed E-state index contributed by atoms with van der Waals surface area (Å²) >= 11 is 5.92. The second kappa shape index (κ2) is 11.6. The molecule has 4 heteroatoms. The van der Waals surface area contributed by atoms with E-state index in [1.165, 1.54) is 36.1 Å². The monoisotopic (exact) mass is 414 g/mol. The highest BCUT2D eigenvalue weighted by Crippen LogP contribution is 2.24. The van der Waals surface area contributed by atoms with Crippen molar-refractivity contribution < 1.29 is 4.74 Å². The summed E-state index contributed by atoms with van der Waals surface area (Å²) in [6.45, 7) is 9.59. The number of hydrogen-bond acceptors (Lipinski definition) is 3. The van der Waals surface area contributed by atoms with Gasteiger partial charge >= 0.3 is 0 Å². The van der Waals surface area contributed by atoms with Crippen molar-refractivity contribution in [1.82, 2.24) is 10.2 Å². The van der Waals surface area contributed by atoms with E-state index in [2.05, 4.69) is 54.4 Å². The Morgan fingerprint density at radius 3 is 2.62 bits per heavy atom. The molecule has 0 amide bonds. The van der Waals surface area contributed by atoms with Gasteiger partial charge in [-0.3, -0.25) is 4.90 Å². The topological polar surface area (TPSA) is 24.5 Å². The zero-order valence-electron chi connectivity index (χ0n) is 17.9. The second-order valence-corrected chi connectivity index (χ2v) is 8.72. The summed E-state index contributed by atoms with van der Waals surface area (Å²) in [7, 11) is 0. The molecule has 1 aliphatic rings. The first kappa shape index (κ1) is 22.1. The molecule has 0 bridgehead atoms. The number of rotatable bonds is 10. The lowest BCUT2D eigenvalue weighted by Crippen LogP contribution is -2.30. The van der Waals surface area contributed by atoms with Gasteiger partial charge in [0, 0.05) is 17.6 Å². The van der Waals surface area contributed by atoms with Gasteiger partial charge in [-0.1, -0.05) is 29.8 Å². The molecule has 0 fully saturated rings. The Morgan fingerprint density at radius 2 is 1.83 bits per heavy atom. The smallest absolute Gasteiger partial charge is 0.119 e. The fourth-order valence-corrected chi connectivity index (χ4v) is 4.00. The number of halogens is 1. The van der Waals surface area contributed by atoms with Crippen LogP contribution in [0.25, 0.3) is 0 Å². The van der Waals surface area contributed by atoms with Gasteiger partial charge in [0.1, 0.15) is 5.75 Å². The molecule has 1 N–H and O–H groups in total. The molecule has 0 aromatic heterocycles. The molecular weight excluding hydrogens is 380 g/mol. The average molecular weight is 415 g/mol. The van der Waals surface area contributed by atoms with E-state index in [9.17, 15) is 0 Å². The Bertz CT molecular complexity index is 745. The zero-order chi connectivity index (χ0) is 20.5. The van der Waals surface area contributed by atoms with E-state index in [0.29, 0.717) is 6.04 Å². The lowest BCUT2D eigenvalue weighted by atomic mass is 10.0. The minimum Gasteiger partial charge on any atom is -0.494 e. The molecule has 0 atom stereocenters. The summed E-state index contributed by atoms with van der Waals surface area (Å²) in [6, 6.07) is 15.4. The zero-order valence-corrected chi connectivity index (χ0v) is 18.7. The molecule has 0 saturated heterocycles. The first-order chi connectivity index (χ1) is 14.1. The van der Waals surface area contributed by atoms with Crippen LogP contribution < -0.4 is 10.1 Å². The minimum atomic E-state index is 0.594. The van der Waals surface area contributed by atoms with E-state index in [0.717, 1.165) is 56.3 Å². The number of nitrogens with one attached hydrogen (secondary N) is 1. The van der Waals surface area contributed by atoms with Crippen molar-refractivity contribution in [3.63, 3.8) is 0 Å². The van der Waals surface area contributed by atoms with Crippen molar-refractivity contribution in [2.45, 2.75) is 58.5 Å². The van der Waals surface area contributed by atoms with Crippen LogP contribution in [0.4, 0.5) is 0 Å². The molecule has 0 saturated carbocycles. The minimum absolute atomic E-state index is 0.594. The third-order valence-corrected chi connectivity index (χ3v) is 5.92. The fourth-order valence-electron chi connectivity index (χ4n) is 3.88. The summed E-state index contributed by atoms with van der Waals surface area (Å²) < 4.78 is 6.02. The Morgan fingerprint density at radius 1 is 1.03 bits per heavy atom. The van der Waals surface area contributed by atoms with E-state index in [4.69, 9.17) is 16.3 Å². The highest BCUT2D eigenvalue weighted by molar-refractivity contribution is 6.30. The maximum Gasteiger partial charge on any atom is 0.119 e. The van der Waals surface area contributed by atoms with Gasteiger partial charge in [0.2, 0.25) is 0 Å². The Kier molecular flexibility index (Phi) is 8.85. The van der Waals surface area contributed by atoms with Crippen molar-refractivity contribution >= 4 is 11.6 Å². The predicted octanol–water partition coefficient (Wildman–Crippen LogP) is 5.49. The summed E-state index contributed by atoms with van der Waals surface area (Å²) in [5.74, 6) is 1.01. The van der Waals surface area contributed by atoms with Gasteiger partial charge in [-0.25, -0.2) is 0 Å². The molecular formula is C25H35ClN2O. The number of hydrogen-bond donors (Lipinski definition) is 1. The first-order valence-electron chi connectivity index (χ1n) is 11.1. The van der Waals surface area contributed by atoms with Crippen LogP contribution in [0.1, 0.15) is 49.8 Å². The van der Waals surface area contributed by atoms with Crippen LogP contribution in [-0.2, 0) is 19.4 Å². The fraction of sp³-hybridized carbons (Fsp3) is 0.520. The van der Waals surface area contributed by atoms with Crippen LogP contribution in [0.15, 0.2) is 42.5 Å². The van der Waals surface area contributed by atoms with Gasteiger partial charge in [0.05, 0.1) is 6.61 Å². The molecule has 0 spiro atoms. The van der Waals surface area contributed by atoms with Gasteiger partial charge < -0.3 is 10.1 Å². The quantitative estimate of drug-likeness (QED) is 0.520. The van der Waals surface area contributed by atoms with Crippen LogP contribution >= 0.6 is 11.6 Å². The molecule has 0 radical (unpaired) electrons. The van der Waals surface area contributed by atoms with Crippen LogP contribution in [0, 0.1) is 0 Å². The van der Waals surface area contributed by atoms with Gasteiger partial charge in [-0.2, -0.15) is 0 Å². The maximum atomic E-state index is 6.02. The second-order valence-electron chi connectivity index (χ2n) is 8.28. The summed E-state index contributed by atoms with van der Waals surface area (Å²) in [5, 5.41) is 4.32. The highest BCUT2D eigenvalue weighted by atomic mass is 35.5. The number of ether oxygens (including phenoxy) is 1. The van der Waals surface area contributed by atoms with Crippen molar-refractivity contribution in [3.8, 4) is 5.75 Å². The molecule has 158 valence electrons. The van der Waals surface area contributed by atoms with Crippen molar-refractivity contribution in [1.29, 1.82) is 0 Å². The molecule has 2 aromatic carbocycles. The van der Waals surface area contributed by atoms with Crippen molar-refractivity contribution in [3.05, 3.63) is 64.2 Å². The molecule has 1 aliphatic heterocycles. The third-order valence-electron chi connectivity index (χ3n) is 5.67. The first-order valence-corrected chi connectivity index (χ1v) is 11.4. The normalized spacial score (nSPS) is 14.6. The summed E-state index contributed by atoms with van der Waals surface area (Å²) in [5.41, 5.74) is 4.27. The molecule has 0 unspecified atom stereocenters. The summed E-state index contributed by atoms with van der Waals surface area (Å²) in [6.07, 6.45) is 5.67. The van der Waals surface area contributed by atoms with E-state index in [-0.39, 0.29) is 0 Å². The largest absolute Gasteiger partial charge is 0.494 e. The van der Waals surface area contributed by atoms with E-state index < -0.39 is 0 Å². The SMILES string of the molecule is CC(C)N1CCCc2ccc(OCCCNCCCc3ccc(Cl)cc3)cc2C1. The molecule has 0 aliphatic carbocycles. The predicted molar refractivity (Wildman–Crippen MR) is 123 cm³/mol. The molecule has 3 rings (SSSR count). The molecule has 2 aromatic rings. The van der Waals surface area contributed by atoms with E-state index in [1.807, 2.05) is 12.1 Å². The number of aryl methyl sites for hydroxylation is 2. The third kappa shape index (κ3) is 7.33. The number of fused-ring (bicyclic) bond motifs is 1. The van der Waals surface area contributed by atoms with Crippen LogP contribution in [0.5, 0.6) is 5.75 Å². The number of nitrogens with zero attached hydrogens (tertiary/aromatic N) is 1. The summed E-state index contributed by atoms with van der Waals surface area (Å²) in [4.78, 5) is 2.56. The Hall–Kier alpha value is -1.55. The van der Waals surface area contributed by atoms with Gasteiger partial charge in [-0.15, -0.1) is 0 Å². The molecule has 29 heavy (non-hydrogen) atoms. The maximum absolute atomic E-state index is 6.02. The molecule has 3 nitrogen and oxygen atoms in total. The van der Waals surface area contributed by atoms with Crippen LogP contribution in [-0.4, -0.2) is 37.2 Å². The van der Waals surface area contributed by atoms with Gasteiger partial charge in [0.25, 0.3) is 0 Å².